The maximum absolute atomic E-state index is 11.6. The van der Waals surface area contributed by atoms with E-state index in [1.54, 1.807) is 0 Å². The molecule has 0 spiro atoms. The number of hydrogen-bond donors (Lipinski definition) is 1. The lowest BCUT2D eigenvalue weighted by Gasteiger charge is -2.15. The molecule has 1 amide bonds. The summed E-state index contributed by atoms with van der Waals surface area (Å²) in [6.45, 7) is 5.86. The molecule has 0 saturated carbocycles. The smallest absolute Gasteiger partial charge is 0.246 e. The minimum atomic E-state index is -0.0942. The largest absolute Gasteiger partial charge is 0.369 e. The highest BCUT2D eigenvalue weighted by molar-refractivity contribution is 6.31. The first-order valence-electron chi connectivity index (χ1n) is 6.13. The number of ether oxygens (including phenoxy) is 1. The zero-order chi connectivity index (χ0) is 13.5. The van der Waals surface area contributed by atoms with Gasteiger partial charge in [0.1, 0.15) is 6.61 Å². The van der Waals surface area contributed by atoms with E-state index in [9.17, 15) is 4.79 Å². The summed E-state index contributed by atoms with van der Waals surface area (Å²) >= 11 is 6.07. The third kappa shape index (κ3) is 5.52. The van der Waals surface area contributed by atoms with Crippen molar-refractivity contribution in [2.75, 3.05) is 6.61 Å². The van der Waals surface area contributed by atoms with Gasteiger partial charge in [-0.3, -0.25) is 4.79 Å². The second kappa shape index (κ2) is 7.39. The highest BCUT2D eigenvalue weighted by atomic mass is 35.5. The van der Waals surface area contributed by atoms with Crippen molar-refractivity contribution in [3.8, 4) is 0 Å². The Balaban J connectivity index is 2.40. The lowest BCUT2D eigenvalue weighted by molar-refractivity contribution is -0.127. The van der Waals surface area contributed by atoms with Crippen molar-refractivity contribution in [1.29, 1.82) is 0 Å². The van der Waals surface area contributed by atoms with Gasteiger partial charge in [0.05, 0.1) is 6.10 Å². The van der Waals surface area contributed by atoms with Crippen LogP contribution in [0, 0.1) is 0 Å². The Kier molecular flexibility index (Phi) is 6.16. The minimum absolute atomic E-state index is 0.0353. The molecule has 0 aliphatic carbocycles. The lowest BCUT2D eigenvalue weighted by Crippen LogP contribution is -2.37. The van der Waals surface area contributed by atoms with Gasteiger partial charge in [0.25, 0.3) is 0 Å². The van der Waals surface area contributed by atoms with E-state index in [1.165, 1.54) is 0 Å². The molecule has 0 aliphatic rings. The Hall–Kier alpha value is -1.06. The molecule has 1 aromatic carbocycles. The van der Waals surface area contributed by atoms with E-state index in [0.717, 1.165) is 10.6 Å². The summed E-state index contributed by atoms with van der Waals surface area (Å²) in [7, 11) is 0. The molecule has 1 atom stereocenters. The molecule has 18 heavy (non-hydrogen) atoms. The van der Waals surface area contributed by atoms with E-state index in [1.807, 2.05) is 45.0 Å². The van der Waals surface area contributed by atoms with Gasteiger partial charge in [-0.2, -0.15) is 0 Å². The summed E-state index contributed by atoms with van der Waals surface area (Å²) in [4.78, 5) is 11.6. The van der Waals surface area contributed by atoms with Crippen LogP contribution in [0.4, 0.5) is 0 Å². The van der Waals surface area contributed by atoms with Crippen LogP contribution in [0.15, 0.2) is 24.3 Å². The van der Waals surface area contributed by atoms with Gasteiger partial charge in [0, 0.05) is 11.1 Å². The molecule has 0 heterocycles. The molecule has 1 aromatic rings. The minimum Gasteiger partial charge on any atom is -0.369 e. The van der Waals surface area contributed by atoms with Crippen LogP contribution < -0.4 is 5.32 Å². The number of carbonyl (C=O) groups is 1. The molecule has 100 valence electrons. The van der Waals surface area contributed by atoms with E-state index in [0.29, 0.717) is 6.42 Å². The molecule has 4 heteroatoms. The third-order valence-electron chi connectivity index (χ3n) is 2.44. The first-order chi connectivity index (χ1) is 8.49. The zero-order valence-corrected chi connectivity index (χ0v) is 11.8. The van der Waals surface area contributed by atoms with Crippen molar-refractivity contribution in [3.05, 3.63) is 34.9 Å². The predicted molar refractivity (Wildman–Crippen MR) is 73.8 cm³/mol. The van der Waals surface area contributed by atoms with E-state index in [-0.39, 0.29) is 24.7 Å². The van der Waals surface area contributed by atoms with Gasteiger partial charge in [-0.25, -0.2) is 0 Å². The maximum Gasteiger partial charge on any atom is 0.246 e. The molecule has 1 N–H and O–H groups in total. The van der Waals surface area contributed by atoms with Gasteiger partial charge in [0.15, 0.2) is 0 Å². The van der Waals surface area contributed by atoms with Crippen molar-refractivity contribution < 1.29 is 9.53 Å². The van der Waals surface area contributed by atoms with Crippen LogP contribution in [0.25, 0.3) is 0 Å². The Morgan fingerprint density at radius 1 is 1.33 bits per heavy atom. The quantitative estimate of drug-likeness (QED) is 0.862. The number of halogens is 1. The monoisotopic (exact) mass is 269 g/mol. The Labute approximate surface area is 113 Å². The van der Waals surface area contributed by atoms with Crippen molar-refractivity contribution in [1.82, 2.24) is 5.32 Å². The predicted octanol–water partition coefficient (Wildman–Crippen LogP) is 2.81. The fourth-order valence-corrected chi connectivity index (χ4v) is 1.82. The van der Waals surface area contributed by atoms with Crippen molar-refractivity contribution in [3.63, 3.8) is 0 Å². The highest BCUT2D eigenvalue weighted by Gasteiger charge is 2.10. The Morgan fingerprint density at radius 3 is 2.61 bits per heavy atom. The van der Waals surface area contributed by atoms with Crippen LogP contribution in [0.3, 0.4) is 0 Å². The number of nitrogens with one attached hydrogen (secondary N) is 1. The SMILES string of the molecule is CC(Cc1ccccc1Cl)NC(=O)COC(C)C. The molecule has 3 nitrogen and oxygen atoms in total. The first-order valence-corrected chi connectivity index (χ1v) is 6.51. The van der Waals surface area contributed by atoms with Gasteiger partial charge in [0.2, 0.25) is 5.91 Å². The van der Waals surface area contributed by atoms with Crippen molar-refractivity contribution in [2.24, 2.45) is 0 Å². The lowest BCUT2D eigenvalue weighted by atomic mass is 10.1. The standard InChI is InChI=1S/C14H20ClNO2/c1-10(2)18-9-14(17)16-11(3)8-12-6-4-5-7-13(12)15/h4-7,10-11H,8-9H2,1-3H3,(H,16,17). The van der Waals surface area contributed by atoms with Gasteiger partial charge in [-0.15, -0.1) is 0 Å². The molecule has 0 saturated heterocycles. The summed E-state index contributed by atoms with van der Waals surface area (Å²) in [5.74, 6) is -0.0942. The van der Waals surface area contributed by atoms with E-state index >= 15 is 0 Å². The van der Waals surface area contributed by atoms with Crippen molar-refractivity contribution in [2.45, 2.75) is 39.3 Å². The fourth-order valence-electron chi connectivity index (χ4n) is 1.60. The van der Waals surface area contributed by atoms with E-state index < -0.39 is 0 Å². The van der Waals surface area contributed by atoms with Crippen LogP contribution in [0.1, 0.15) is 26.3 Å². The van der Waals surface area contributed by atoms with Gasteiger partial charge in [-0.05, 0) is 38.8 Å². The number of benzene rings is 1. The summed E-state index contributed by atoms with van der Waals surface area (Å²) in [6, 6.07) is 7.69. The van der Waals surface area contributed by atoms with Crippen LogP contribution in [0.2, 0.25) is 5.02 Å². The second-order valence-electron chi connectivity index (χ2n) is 4.62. The van der Waals surface area contributed by atoms with E-state index in [4.69, 9.17) is 16.3 Å². The van der Waals surface area contributed by atoms with Crippen LogP contribution >= 0.6 is 11.6 Å². The van der Waals surface area contributed by atoms with Gasteiger partial charge >= 0.3 is 0 Å². The van der Waals surface area contributed by atoms with Gasteiger partial charge in [-0.1, -0.05) is 29.8 Å². The van der Waals surface area contributed by atoms with Crippen LogP contribution in [-0.4, -0.2) is 24.7 Å². The molecule has 0 aromatic heterocycles. The van der Waals surface area contributed by atoms with Gasteiger partial charge < -0.3 is 10.1 Å². The average Bonchev–Trinajstić information content (AvgIpc) is 2.29. The molecule has 0 radical (unpaired) electrons. The second-order valence-corrected chi connectivity index (χ2v) is 5.03. The van der Waals surface area contributed by atoms with Crippen molar-refractivity contribution >= 4 is 17.5 Å². The average molecular weight is 270 g/mol. The molecular formula is C14H20ClNO2. The Bertz CT molecular complexity index is 393. The maximum atomic E-state index is 11.6. The topological polar surface area (TPSA) is 38.3 Å². The molecule has 0 fully saturated rings. The highest BCUT2D eigenvalue weighted by Crippen LogP contribution is 2.16. The number of carbonyl (C=O) groups excluding carboxylic acids is 1. The molecule has 1 unspecified atom stereocenters. The fraction of sp³-hybridized carbons (Fsp3) is 0.500. The molecular weight excluding hydrogens is 250 g/mol. The number of rotatable bonds is 6. The summed E-state index contributed by atoms with van der Waals surface area (Å²) in [6.07, 6.45) is 0.780. The first kappa shape index (κ1) is 15.0. The molecule has 0 bridgehead atoms. The summed E-state index contributed by atoms with van der Waals surface area (Å²) in [5.41, 5.74) is 1.04. The third-order valence-corrected chi connectivity index (χ3v) is 2.81. The summed E-state index contributed by atoms with van der Waals surface area (Å²) < 4.78 is 5.24. The number of amides is 1. The Morgan fingerprint density at radius 2 is 2.00 bits per heavy atom. The summed E-state index contributed by atoms with van der Waals surface area (Å²) in [5, 5.41) is 3.62. The van der Waals surface area contributed by atoms with Crippen LogP contribution in [-0.2, 0) is 16.0 Å². The zero-order valence-electron chi connectivity index (χ0n) is 11.1. The normalized spacial score (nSPS) is 12.5. The molecule has 0 aliphatic heterocycles. The van der Waals surface area contributed by atoms with Crippen LogP contribution in [0.5, 0.6) is 0 Å². The number of hydrogen-bond acceptors (Lipinski definition) is 2. The van der Waals surface area contributed by atoms with E-state index in [2.05, 4.69) is 5.32 Å². The molecule has 1 rings (SSSR count).